The molecule has 3 aliphatic rings. The lowest BCUT2D eigenvalue weighted by atomic mass is 9.54. The zero-order valence-corrected chi connectivity index (χ0v) is 19.1. The molecule has 0 spiro atoms. The van der Waals surface area contributed by atoms with Gasteiger partial charge >= 0.3 is 0 Å². The molecule has 5 unspecified atom stereocenters. The number of Topliss-reactive ketones (excluding diaryl/α,β-unsaturated/α-hetero) is 1. The Balaban J connectivity index is 1.34. The second kappa shape index (κ2) is 7.73. The second-order valence-corrected chi connectivity index (χ2v) is 11.2. The van der Waals surface area contributed by atoms with E-state index in [9.17, 15) is 9.59 Å². The third kappa shape index (κ3) is 3.59. The average Bonchev–Trinajstić information content (AvgIpc) is 3.26. The van der Waals surface area contributed by atoms with Crippen LogP contribution in [0.15, 0.2) is 24.4 Å². The van der Waals surface area contributed by atoms with Gasteiger partial charge in [0.25, 0.3) is 0 Å². The molecule has 0 saturated heterocycles. The Morgan fingerprint density at radius 3 is 2.97 bits per heavy atom. The van der Waals surface area contributed by atoms with Gasteiger partial charge in [0.2, 0.25) is 5.91 Å². The van der Waals surface area contributed by atoms with Crippen molar-refractivity contribution >= 4 is 33.8 Å². The Kier molecular flexibility index (Phi) is 5.16. The third-order valence-corrected chi connectivity index (χ3v) is 9.04. The first-order chi connectivity index (χ1) is 14.8. The first kappa shape index (κ1) is 20.7. The van der Waals surface area contributed by atoms with Crippen molar-refractivity contribution < 1.29 is 9.59 Å². The van der Waals surface area contributed by atoms with Crippen LogP contribution in [0.5, 0.6) is 0 Å². The SMILES string of the molecule is Cc1cnc(NC(=O)CCC2CC(=O)C3(C)CCC4c5cc(N)ccc5CCC4C23)s1. The van der Waals surface area contributed by atoms with Crippen molar-refractivity contribution in [1.29, 1.82) is 0 Å². The van der Waals surface area contributed by atoms with Gasteiger partial charge in [-0.05, 0) is 86.0 Å². The number of nitrogens with zero attached hydrogens (tertiary/aromatic N) is 1. The minimum absolute atomic E-state index is 0.00419. The molecule has 5 rings (SSSR count). The van der Waals surface area contributed by atoms with Gasteiger partial charge in [0, 0.05) is 35.0 Å². The van der Waals surface area contributed by atoms with E-state index in [1.807, 2.05) is 13.0 Å². The number of thiazole rings is 1. The van der Waals surface area contributed by atoms with Crippen LogP contribution in [-0.2, 0) is 16.0 Å². The summed E-state index contributed by atoms with van der Waals surface area (Å²) in [4.78, 5) is 31.0. The lowest BCUT2D eigenvalue weighted by Gasteiger charge is -2.50. The molecule has 0 bridgehead atoms. The van der Waals surface area contributed by atoms with Crippen molar-refractivity contribution in [2.24, 2.45) is 23.2 Å². The minimum Gasteiger partial charge on any atom is -0.399 e. The van der Waals surface area contributed by atoms with Crippen LogP contribution in [0.3, 0.4) is 0 Å². The molecular weight excluding hydrogens is 406 g/mol. The number of nitrogen functional groups attached to an aromatic ring is 1. The Morgan fingerprint density at radius 2 is 2.19 bits per heavy atom. The van der Waals surface area contributed by atoms with Crippen molar-refractivity contribution in [3.8, 4) is 0 Å². The Labute approximate surface area is 187 Å². The first-order valence-corrected chi connectivity index (χ1v) is 12.3. The largest absolute Gasteiger partial charge is 0.399 e. The highest BCUT2D eigenvalue weighted by atomic mass is 32.1. The van der Waals surface area contributed by atoms with Crippen LogP contribution < -0.4 is 11.1 Å². The van der Waals surface area contributed by atoms with Gasteiger partial charge in [-0.25, -0.2) is 4.98 Å². The molecule has 3 aliphatic carbocycles. The number of carbonyl (C=O) groups is 2. The highest BCUT2D eigenvalue weighted by Crippen LogP contribution is 2.62. The number of fused-ring (bicyclic) bond motifs is 5. The van der Waals surface area contributed by atoms with Gasteiger partial charge in [0.15, 0.2) is 5.13 Å². The molecule has 2 saturated carbocycles. The number of hydrogen-bond donors (Lipinski definition) is 2. The van der Waals surface area contributed by atoms with Gasteiger partial charge in [-0.2, -0.15) is 0 Å². The zero-order valence-electron chi connectivity index (χ0n) is 18.3. The van der Waals surface area contributed by atoms with Gasteiger partial charge < -0.3 is 11.1 Å². The summed E-state index contributed by atoms with van der Waals surface area (Å²) in [5.74, 6) is 2.07. The molecule has 31 heavy (non-hydrogen) atoms. The molecule has 164 valence electrons. The van der Waals surface area contributed by atoms with E-state index < -0.39 is 0 Å². The smallest absolute Gasteiger partial charge is 0.226 e. The van der Waals surface area contributed by atoms with E-state index in [1.165, 1.54) is 22.5 Å². The first-order valence-electron chi connectivity index (χ1n) is 11.5. The predicted molar refractivity (Wildman–Crippen MR) is 124 cm³/mol. The maximum absolute atomic E-state index is 13.1. The topological polar surface area (TPSA) is 85.1 Å². The van der Waals surface area contributed by atoms with Crippen molar-refractivity contribution in [1.82, 2.24) is 4.98 Å². The van der Waals surface area contributed by atoms with Crippen molar-refractivity contribution in [3.05, 3.63) is 40.4 Å². The number of aromatic nitrogens is 1. The van der Waals surface area contributed by atoms with Crippen molar-refractivity contribution in [2.45, 2.75) is 64.7 Å². The molecule has 2 aromatic rings. The number of anilines is 2. The summed E-state index contributed by atoms with van der Waals surface area (Å²) in [6, 6.07) is 6.37. The lowest BCUT2D eigenvalue weighted by molar-refractivity contribution is -0.129. The molecule has 3 N–H and O–H groups in total. The van der Waals surface area contributed by atoms with E-state index in [2.05, 4.69) is 29.4 Å². The molecular formula is C25H31N3O2S. The molecule has 0 aliphatic heterocycles. The summed E-state index contributed by atoms with van der Waals surface area (Å²) in [6.07, 6.45) is 7.84. The van der Waals surface area contributed by atoms with E-state index in [-0.39, 0.29) is 17.2 Å². The fourth-order valence-electron chi connectivity index (χ4n) is 6.82. The number of nitrogens with two attached hydrogens (primary N) is 1. The van der Waals surface area contributed by atoms with Crippen LogP contribution in [0.2, 0.25) is 0 Å². The number of amides is 1. The molecule has 5 atom stereocenters. The van der Waals surface area contributed by atoms with E-state index in [1.54, 1.807) is 6.20 Å². The number of carbonyl (C=O) groups excluding carboxylic acids is 2. The summed E-state index contributed by atoms with van der Waals surface area (Å²) < 4.78 is 0. The maximum Gasteiger partial charge on any atom is 0.226 e. The summed E-state index contributed by atoms with van der Waals surface area (Å²) >= 11 is 1.49. The molecule has 1 aromatic heterocycles. The van der Waals surface area contributed by atoms with Gasteiger partial charge in [0.05, 0.1) is 0 Å². The Morgan fingerprint density at radius 1 is 1.35 bits per heavy atom. The van der Waals surface area contributed by atoms with Crippen LogP contribution in [-0.4, -0.2) is 16.7 Å². The highest BCUT2D eigenvalue weighted by Gasteiger charge is 2.58. The Hall–Kier alpha value is -2.21. The van der Waals surface area contributed by atoms with Gasteiger partial charge in [-0.3, -0.25) is 9.59 Å². The summed E-state index contributed by atoms with van der Waals surface area (Å²) in [7, 11) is 0. The number of ketones is 1. The summed E-state index contributed by atoms with van der Waals surface area (Å²) in [5.41, 5.74) is 9.57. The quantitative estimate of drug-likeness (QED) is 0.652. The van der Waals surface area contributed by atoms with Crippen molar-refractivity contribution in [2.75, 3.05) is 11.1 Å². The van der Waals surface area contributed by atoms with Gasteiger partial charge in [0.1, 0.15) is 5.78 Å². The predicted octanol–water partition coefficient (Wildman–Crippen LogP) is 5.10. The highest BCUT2D eigenvalue weighted by molar-refractivity contribution is 7.15. The van der Waals surface area contributed by atoms with Crippen LogP contribution in [0.4, 0.5) is 10.8 Å². The Bertz CT molecular complexity index is 1030. The van der Waals surface area contributed by atoms with E-state index in [0.29, 0.717) is 41.5 Å². The number of nitrogens with one attached hydrogen (secondary N) is 1. The van der Waals surface area contributed by atoms with E-state index in [4.69, 9.17) is 5.73 Å². The minimum atomic E-state index is -0.230. The normalized spacial score (nSPS) is 31.6. The molecule has 0 radical (unpaired) electrons. The molecule has 2 fully saturated rings. The van der Waals surface area contributed by atoms with Crippen LogP contribution >= 0.6 is 11.3 Å². The molecule has 6 heteroatoms. The second-order valence-electron chi connectivity index (χ2n) is 10.00. The van der Waals surface area contributed by atoms with Crippen LogP contribution in [0, 0.1) is 30.1 Å². The maximum atomic E-state index is 13.1. The summed E-state index contributed by atoms with van der Waals surface area (Å²) in [5, 5.41) is 3.59. The number of aryl methyl sites for hydroxylation is 2. The fraction of sp³-hybridized carbons (Fsp3) is 0.560. The van der Waals surface area contributed by atoms with E-state index >= 15 is 0 Å². The number of benzene rings is 1. The van der Waals surface area contributed by atoms with Crippen LogP contribution in [0.1, 0.15) is 67.4 Å². The van der Waals surface area contributed by atoms with Crippen molar-refractivity contribution in [3.63, 3.8) is 0 Å². The number of hydrogen-bond acceptors (Lipinski definition) is 5. The van der Waals surface area contributed by atoms with Crippen LogP contribution in [0.25, 0.3) is 0 Å². The standard InChI is InChI=1S/C25H31N3O2S/c1-14-13-27-24(31-14)28-22(30)8-5-16-11-21(29)25(2)10-9-18-19(23(16)25)7-4-15-3-6-17(26)12-20(15)18/h3,6,12-13,16,18-19,23H,4-5,7-11,26H2,1-2H3,(H,27,28,30). The fourth-order valence-corrected chi connectivity index (χ4v) is 7.50. The molecule has 1 amide bonds. The third-order valence-electron chi connectivity index (χ3n) is 8.21. The monoisotopic (exact) mass is 437 g/mol. The zero-order chi connectivity index (χ0) is 21.8. The molecule has 1 heterocycles. The molecule has 5 nitrogen and oxygen atoms in total. The summed E-state index contributed by atoms with van der Waals surface area (Å²) in [6.45, 7) is 4.18. The van der Waals surface area contributed by atoms with E-state index in [0.717, 1.165) is 42.7 Å². The van der Waals surface area contributed by atoms with Gasteiger partial charge in [-0.1, -0.05) is 13.0 Å². The van der Waals surface area contributed by atoms with Gasteiger partial charge in [-0.15, -0.1) is 11.3 Å². The lowest BCUT2D eigenvalue weighted by Crippen LogP contribution is -2.44. The average molecular weight is 438 g/mol. The molecule has 1 aromatic carbocycles. The number of rotatable bonds is 4.